The number of aliphatic hydroxyl groups is 1. The van der Waals surface area contributed by atoms with Gasteiger partial charge in [0.05, 0.1) is 6.10 Å². The fraction of sp³-hybridized carbons (Fsp3) is 0.533. The fourth-order valence-electron chi connectivity index (χ4n) is 2.47. The number of rotatable bonds is 3. The molecule has 0 saturated heterocycles. The van der Waals surface area contributed by atoms with Gasteiger partial charge in [-0.3, -0.25) is 0 Å². The molecule has 1 amide bonds. The van der Waals surface area contributed by atoms with Crippen LogP contribution in [0.15, 0.2) is 30.3 Å². The van der Waals surface area contributed by atoms with Crippen LogP contribution >= 0.6 is 0 Å². The molecule has 0 aliphatic heterocycles. The minimum atomic E-state index is -0.420. The van der Waals surface area contributed by atoms with Crippen LogP contribution in [-0.4, -0.2) is 23.3 Å². The van der Waals surface area contributed by atoms with Gasteiger partial charge < -0.3 is 15.2 Å². The first-order chi connectivity index (χ1) is 9.00. The van der Waals surface area contributed by atoms with Gasteiger partial charge in [0.2, 0.25) is 0 Å². The molecular formula is C15H21NO3. The molecule has 1 fully saturated rings. The van der Waals surface area contributed by atoms with E-state index in [-0.39, 0.29) is 24.2 Å². The maximum absolute atomic E-state index is 11.8. The highest BCUT2D eigenvalue weighted by Crippen LogP contribution is 2.37. The van der Waals surface area contributed by atoms with E-state index >= 15 is 0 Å². The largest absolute Gasteiger partial charge is 0.445 e. The van der Waals surface area contributed by atoms with E-state index in [1.807, 2.05) is 44.2 Å². The zero-order valence-corrected chi connectivity index (χ0v) is 11.4. The summed E-state index contributed by atoms with van der Waals surface area (Å²) in [6.07, 6.45) is 0.716. The lowest BCUT2D eigenvalue weighted by molar-refractivity contribution is 0.0612. The molecule has 1 aliphatic carbocycles. The first-order valence-corrected chi connectivity index (χ1v) is 6.65. The molecule has 0 unspecified atom stereocenters. The molecule has 2 rings (SSSR count). The van der Waals surface area contributed by atoms with Gasteiger partial charge in [0, 0.05) is 11.5 Å². The first kappa shape index (κ1) is 13.9. The van der Waals surface area contributed by atoms with Crippen LogP contribution in [0.5, 0.6) is 0 Å². The van der Waals surface area contributed by atoms with Crippen molar-refractivity contribution in [2.45, 2.75) is 45.4 Å². The van der Waals surface area contributed by atoms with Gasteiger partial charge in [-0.05, 0) is 18.4 Å². The Balaban J connectivity index is 1.82. The van der Waals surface area contributed by atoms with E-state index in [4.69, 9.17) is 4.74 Å². The second-order valence-electron chi connectivity index (χ2n) is 5.67. The van der Waals surface area contributed by atoms with Crippen molar-refractivity contribution in [3.05, 3.63) is 35.9 Å². The molecule has 0 bridgehead atoms. The molecule has 2 N–H and O–H groups in total. The Morgan fingerprint density at radius 2 is 2.05 bits per heavy atom. The number of ether oxygens (including phenoxy) is 1. The summed E-state index contributed by atoms with van der Waals surface area (Å²) in [7, 11) is 0. The number of hydrogen-bond acceptors (Lipinski definition) is 3. The lowest BCUT2D eigenvalue weighted by Gasteiger charge is -2.30. The Bertz CT molecular complexity index is 430. The molecule has 0 radical (unpaired) electrons. The molecule has 1 aromatic rings. The third-order valence-electron chi connectivity index (χ3n) is 3.99. The normalized spacial score (nSPS) is 25.0. The van der Waals surface area contributed by atoms with Crippen LogP contribution in [0, 0.1) is 5.41 Å². The van der Waals surface area contributed by atoms with Crippen molar-refractivity contribution in [1.29, 1.82) is 0 Å². The average Bonchev–Trinajstić information content (AvgIpc) is 2.64. The minimum Gasteiger partial charge on any atom is -0.445 e. The maximum atomic E-state index is 11.8. The van der Waals surface area contributed by atoms with Gasteiger partial charge in [-0.15, -0.1) is 0 Å². The van der Waals surface area contributed by atoms with Crippen LogP contribution in [0.3, 0.4) is 0 Å². The van der Waals surface area contributed by atoms with E-state index < -0.39 is 6.09 Å². The summed E-state index contributed by atoms with van der Waals surface area (Å²) in [5.74, 6) is 0. The maximum Gasteiger partial charge on any atom is 0.407 e. The zero-order valence-electron chi connectivity index (χ0n) is 11.4. The van der Waals surface area contributed by atoms with Gasteiger partial charge in [0.15, 0.2) is 0 Å². The summed E-state index contributed by atoms with van der Waals surface area (Å²) < 4.78 is 5.19. The van der Waals surface area contributed by atoms with Crippen molar-refractivity contribution >= 4 is 6.09 Å². The van der Waals surface area contributed by atoms with Crippen molar-refractivity contribution in [1.82, 2.24) is 5.32 Å². The number of nitrogens with one attached hydrogen (secondary N) is 1. The molecule has 0 aromatic heterocycles. The topological polar surface area (TPSA) is 58.6 Å². The number of carbonyl (C=O) groups is 1. The van der Waals surface area contributed by atoms with Gasteiger partial charge in [0.25, 0.3) is 0 Å². The Kier molecular flexibility index (Phi) is 4.10. The van der Waals surface area contributed by atoms with Crippen molar-refractivity contribution in [3.8, 4) is 0 Å². The molecule has 0 spiro atoms. The Morgan fingerprint density at radius 1 is 1.37 bits per heavy atom. The Hall–Kier alpha value is -1.55. The van der Waals surface area contributed by atoms with Crippen LogP contribution in [0.2, 0.25) is 0 Å². The average molecular weight is 263 g/mol. The zero-order chi connectivity index (χ0) is 13.9. The molecule has 4 nitrogen and oxygen atoms in total. The number of carbonyl (C=O) groups excluding carboxylic acids is 1. The van der Waals surface area contributed by atoms with Gasteiger partial charge in [-0.1, -0.05) is 44.2 Å². The van der Waals surface area contributed by atoms with Crippen molar-refractivity contribution in [3.63, 3.8) is 0 Å². The van der Waals surface area contributed by atoms with Crippen LogP contribution in [0.25, 0.3) is 0 Å². The second-order valence-corrected chi connectivity index (χ2v) is 5.67. The highest BCUT2D eigenvalue weighted by molar-refractivity contribution is 5.67. The lowest BCUT2D eigenvalue weighted by Crippen LogP contribution is -2.45. The molecule has 19 heavy (non-hydrogen) atoms. The highest BCUT2D eigenvalue weighted by Gasteiger charge is 2.43. The molecule has 1 saturated carbocycles. The minimum absolute atomic E-state index is 0.0363. The number of amides is 1. The lowest BCUT2D eigenvalue weighted by atomic mass is 9.85. The van der Waals surface area contributed by atoms with Crippen LogP contribution in [0.4, 0.5) is 4.79 Å². The quantitative estimate of drug-likeness (QED) is 0.880. The van der Waals surface area contributed by atoms with Crippen LogP contribution < -0.4 is 5.32 Å². The number of hydrogen-bond donors (Lipinski definition) is 2. The standard InChI is InChI=1S/C15H21NO3/c1-15(2)12(8-9-13(15)17)16-14(18)19-10-11-6-4-3-5-7-11/h3-7,12-13,17H,8-10H2,1-2H3,(H,16,18)/t12-,13+/m0/s1. The Labute approximate surface area is 113 Å². The predicted octanol–water partition coefficient (Wildman–Crippen LogP) is 2.46. The predicted molar refractivity (Wildman–Crippen MR) is 72.6 cm³/mol. The molecule has 104 valence electrons. The second kappa shape index (κ2) is 5.61. The third kappa shape index (κ3) is 3.26. The van der Waals surface area contributed by atoms with E-state index in [1.54, 1.807) is 0 Å². The summed E-state index contributed by atoms with van der Waals surface area (Å²) in [5, 5.41) is 12.7. The van der Waals surface area contributed by atoms with E-state index in [2.05, 4.69) is 5.32 Å². The first-order valence-electron chi connectivity index (χ1n) is 6.65. The summed E-state index contributed by atoms with van der Waals surface area (Å²) in [4.78, 5) is 11.8. The summed E-state index contributed by atoms with van der Waals surface area (Å²) in [5.41, 5.74) is 0.662. The van der Waals surface area contributed by atoms with Crippen LogP contribution in [0.1, 0.15) is 32.3 Å². The molecular weight excluding hydrogens is 242 g/mol. The molecule has 4 heteroatoms. The van der Waals surface area contributed by atoms with Crippen LogP contribution in [-0.2, 0) is 11.3 Å². The van der Waals surface area contributed by atoms with Crippen molar-refractivity contribution in [2.24, 2.45) is 5.41 Å². The summed E-state index contributed by atoms with van der Waals surface area (Å²) in [6, 6.07) is 9.53. The van der Waals surface area contributed by atoms with Crippen molar-refractivity contribution in [2.75, 3.05) is 0 Å². The smallest absolute Gasteiger partial charge is 0.407 e. The van der Waals surface area contributed by atoms with Gasteiger partial charge >= 0.3 is 6.09 Å². The fourth-order valence-corrected chi connectivity index (χ4v) is 2.47. The van der Waals surface area contributed by atoms with E-state index in [0.29, 0.717) is 0 Å². The summed E-state index contributed by atoms with van der Waals surface area (Å²) >= 11 is 0. The van der Waals surface area contributed by atoms with Gasteiger partial charge in [-0.2, -0.15) is 0 Å². The van der Waals surface area contributed by atoms with Gasteiger partial charge in [-0.25, -0.2) is 4.79 Å². The van der Waals surface area contributed by atoms with E-state index in [9.17, 15) is 9.90 Å². The number of alkyl carbamates (subject to hydrolysis) is 1. The molecule has 0 heterocycles. The number of benzene rings is 1. The van der Waals surface area contributed by atoms with Crippen molar-refractivity contribution < 1.29 is 14.6 Å². The van der Waals surface area contributed by atoms with Gasteiger partial charge in [0.1, 0.15) is 6.61 Å². The summed E-state index contributed by atoms with van der Waals surface area (Å²) in [6.45, 7) is 4.20. The monoisotopic (exact) mass is 263 g/mol. The van der Waals surface area contributed by atoms with E-state index in [0.717, 1.165) is 18.4 Å². The highest BCUT2D eigenvalue weighted by atomic mass is 16.5. The molecule has 2 atom stereocenters. The molecule has 1 aliphatic rings. The number of aliphatic hydroxyl groups excluding tert-OH is 1. The Morgan fingerprint density at radius 3 is 2.63 bits per heavy atom. The molecule has 1 aromatic carbocycles. The SMILES string of the molecule is CC1(C)[C@H](O)CC[C@@H]1NC(=O)OCc1ccccc1. The van der Waals surface area contributed by atoms with E-state index in [1.165, 1.54) is 0 Å². The third-order valence-corrected chi connectivity index (χ3v) is 3.99.